The van der Waals surface area contributed by atoms with Crippen LogP contribution in [0, 0.1) is 0 Å². The summed E-state index contributed by atoms with van der Waals surface area (Å²) < 4.78 is 0. The van der Waals surface area contributed by atoms with Crippen LogP contribution in [0.2, 0.25) is 0 Å². The zero-order valence-corrected chi connectivity index (χ0v) is 15.8. The third kappa shape index (κ3) is 2.19. The molecule has 4 rings (SSSR count). The molecule has 146 valence electrons. The molecular weight excluding hydrogens is 340 g/mol. The smallest absolute Gasteiger partial charge is 0.325 e. The first-order chi connectivity index (χ1) is 12.1. The lowest BCUT2D eigenvalue weighted by molar-refractivity contribution is -0.0815. The molecule has 4 amide bonds. The molecule has 0 saturated carbocycles. The summed E-state index contributed by atoms with van der Waals surface area (Å²) in [6.45, 7) is 9.01. The third-order valence-electron chi connectivity index (χ3n) is 6.31. The Kier molecular flexibility index (Phi) is 3.72. The summed E-state index contributed by atoms with van der Waals surface area (Å²) in [7, 11) is 0. The number of rotatable bonds is 4. The van der Waals surface area contributed by atoms with E-state index in [0.29, 0.717) is 26.7 Å². The van der Waals surface area contributed by atoms with Crippen LogP contribution in [-0.4, -0.2) is 115 Å². The predicted octanol–water partition coefficient (Wildman–Crippen LogP) is -0.883. The van der Waals surface area contributed by atoms with Crippen molar-refractivity contribution in [3.05, 3.63) is 0 Å². The maximum absolute atomic E-state index is 13.1. The van der Waals surface area contributed by atoms with E-state index in [0.717, 1.165) is 0 Å². The predicted molar refractivity (Wildman–Crippen MR) is 91.2 cm³/mol. The molecule has 10 heteroatoms. The Bertz CT molecular complexity index is 554. The van der Waals surface area contributed by atoms with Crippen LogP contribution < -0.4 is 0 Å². The molecule has 26 heavy (non-hydrogen) atoms. The highest BCUT2D eigenvalue weighted by Crippen LogP contribution is 2.41. The molecule has 0 radical (unpaired) electrons. The molecule has 0 aromatic heterocycles. The lowest BCUT2D eigenvalue weighted by atomic mass is 10.0. The van der Waals surface area contributed by atoms with Crippen molar-refractivity contribution in [2.24, 2.45) is 0 Å². The average molecular weight is 368 g/mol. The topological polar surface area (TPSA) is 94.0 Å². The number of hydrogen-bond donors (Lipinski definition) is 2. The van der Waals surface area contributed by atoms with Gasteiger partial charge in [-0.15, -0.1) is 0 Å². The van der Waals surface area contributed by atoms with E-state index >= 15 is 0 Å². The molecule has 4 saturated heterocycles. The van der Waals surface area contributed by atoms with Crippen molar-refractivity contribution in [1.29, 1.82) is 0 Å². The lowest BCUT2D eigenvalue weighted by Crippen LogP contribution is -2.66. The molecule has 4 aliphatic heterocycles. The van der Waals surface area contributed by atoms with Gasteiger partial charge in [0.2, 0.25) is 0 Å². The van der Waals surface area contributed by atoms with Crippen LogP contribution in [-0.2, 0) is 0 Å². The van der Waals surface area contributed by atoms with Gasteiger partial charge < -0.3 is 10.2 Å². The number of carbonyl (C=O) groups is 2. The molecule has 0 unspecified atom stereocenters. The van der Waals surface area contributed by atoms with Crippen molar-refractivity contribution in [3.63, 3.8) is 0 Å². The Labute approximate surface area is 153 Å². The normalized spacial score (nSPS) is 29.9. The number of urea groups is 2. The maximum Gasteiger partial charge on any atom is 0.325 e. The van der Waals surface area contributed by atoms with Crippen molar-refractivity contribution >= 4 is 12.1 Å². The van der Waals surface area contributed by atoms with E-state index in [1.54, 1.807) is 19.6 Å². The molecule has 0 aromatic rings. The number of hydrogen-bond acceptors (Lipinski definition) is 6. The van der Waals surface area contributed by atoms with Gasteiger partial charge in [0, 0.05) is 11.1 Å². The second kappa shape index (κ2) is 5.44. The zero-order chi connectivity index (χ0) is 19.0. The zero-order valence-electron chi connectivity index (χ0n) is 15.8. The highest BCUT2D eigenvalue weighted by molar-refractivity contribution is 5.85. The van der Waals surface area contributed by atoms with Gasteiger partial charge in [0.1, 0.15) is 0 Å². The third-order valence-corrected chi connectivity index (χ3v) is 6.31. The minimum atomic E-state index is -0.531. The van der Waals surface area contributed by atoms with Crippen molar-refractivity contribution < 1.29 is 19.8 Å². The van der Waals surface area contributed by atoms with Gasteiger partial charge in [0.05, 0.1) is 39.9 Å². The standard InChI is InChI=1S/C16H28N6O4/c1-15(2,5-23)17-7-19-11-12-21(13(19)25)9-18(16(3,4)6-24)10-22(12)14(26)20(11)8-17/h11-12,23-24H,5-10H2,1-4H3. The van der Waals surface area contributed by atoms with Gasteiger partial charge in [-0.25, -0.2) is 9.59 Å². The van der Waals surface area contributed by atoms with Gasteiger partial charge in [-0.2, -0.15) is 0 Å². The van der Waals surface area contributed by atoms with Crippen LogP contribution >= 0.6 is 0 Å². The first-order valence-corrected chi connectivity index (χ1v) is 8.99. The van der Waals surface area contributed by atoms with Crippen LogP contribution in [0.5, 0.6) is 0 Å². The lowest BCUT2D eigenvalue weighted by Gasteiger charge is -2.48. The largest absolute Gasteiger partial charge is 0.394 e. The first kappa shape index (κ1) is 17.8. The van der Waals surface area contributed by atoms with Gasteiger partial charge in [-0.3, -0.25) is 29.4 Å². The van der Waals surface area contributed by atoms with Gasteiger partial charge in [-0.05, 0) is 27.7 Å². The average Bonchev–Trinajstić information content (AvgIpc) is 3.08. The van der Waals surface area contributed by atoms with Crippen LogP contribution in [0.3, 0.4) is 0 Å². The number of amides is 4. The van der Waals surface area contributed by atoms with E-state index in [2.05, 4.69) is 0 Å². The summed E-state index contributed by atoms with van der Waals surface area (Å²) in [5, 5.41) is 19.4. The fraction of sp³-hybridized carbons (Fsp3) is 0.875. The van der Waals surface area contributed by atoms with Gasteiger partial charge in [0.15, 0.2) is 12.3 Å². The van der Waals surface area contributed by atoms with E-state index in [-0.39, 0.29) is 37.6 Å². The molecule has 4 fully saturated rings. The maximum atomic E-state index is 13.1. The number of carbonyl (C=O) groups excluding carboxylic acids is 2. The Morgan fingerprint density at radius 1 is 0.731 bits per heavy atom. The SMILES string of the molecule is CC(C)(CO)N1CN2C(=O)N3CN(C(C)(C)CO)CN4C(=O)N(C1)C2C34. The van der Waals surface area contributed by atoms with Crippen LogP contribution in [0.25, 0.3) is 0 Å². The summed E-state index contributed by atoms with van der Waals surface area (Å²) in [6, 6.07) is -0.223. The summed E-state index contributed by atoms with van der Waals surface area (Å²) in [6.07, 6.45) is -0.583. The second-order valence-electron chi connectivity index (χ2n) is 8.86. The van der Waals surface area contributed by atoms with Crippen molar-refractivity contribution in [2.45, 2.75) is 51.1 Å². The van der Waals surface area contributed by atoms with Crippen molar-refractivity contribution in [3.8, 4) is 0 Å². The van der Waals surface area contributed by atoms with Crippen LogP contribution in [0.15, 0.2) is 0 Å². The number of aliphatic hydroxyl groups excluding tert-OH is 2. The Balaban J connectivity index is 1.67. The Morgan fingerprint density at radius 2 is 1.00 bits per heavy atom. The molecule has 0 bridgehead atoms. The van der Waals surface area contributed by atoms with Crippen LogP contribution in [0.4, 0.5) is 9.59 Å². The highest BCUT2D eigenvalue weighted by atomic mass is 16.3. The van der Waals surface area contributed by atoms with E-state index in [1.807, 2.05) is 37.5 Å². The monoisotopic (exact) mass is 368 g/mol. The van der Waals surface area contributed by atoms with Crippen molar-refractivity contribution in [2.75, 3.05) is 39.9 Å². The van der Waals surface area contributed by atoms with Crippen LogP contribution in [0.1, 0.15) is 27.7 Å². The van der Waals surface area contributed by atoms with E-state index < -0.39 is 11.1 Å². The van der Waals surface area contributed by atoms with Crippen molar-refractivity contribution in [1.82, 2.24) is 29.4 Å². The molecule has 4 heterocycles. The molecule has 2 N–H and O–H groups in total. The van der Waals surface area contributed by atoms with Gasteiger partial charge in [0.25, 0.3) is 0 Å². The Morgan fingerprint density at radius 3 is 1.23 bits per heavy atom. The van der Waals surface area contributed by atoms with E-state index in [9.17, 15) is 19.8 Å². The first-order valence-electron chi connectivity index (χ1n) is 8.99. The van der Waals surface area contributed by atoms with Gasteiger partial charge >= 0.3 is 12.1 Å². The summed E-state index contributed by atoms with van der Waals surface area (Å²) in [5.41, 5.74) is -1.06. The number of aliphatic hydroxyl groups is 2. The summed E-state index contributed by atoms with van der Waals surface area (Å²) in [4.78, 5) is 37.0. The quantitative estimate of drug-likeness (QED) is 0.669. The molecule has 0 aliphatic carbocycles. The highest BCUT2D eigenvalue weighted by Gasteiger charge is 2.64. The second-order valence-corrected chi connectivity index (χ2v) is 8.86. The van der Waals surface area contributed by atoms with E-state index in [4.69, 9.17) is 0 Å². The number of nitrogens with zero attached hydrogens (tertiary/aromatic N) is 6. The molecular formula is C16H28N6O4. The molecule has 0 spiro atoms. The minimum Gasteiger partial charge on any atom is -0.394 e. The summed E-state index contributed by atoms with van der Waals surface area (Å²) in [5.74, 6) is 0. The summed E-state index contributed by atoms with van der Waals surface area (Å²) >= 11 is 0. The fourth-order valence-electron chi connectivity index (χ4n) is 4.13. The van der Waals surface area contributed by atoms with Gasteiger partial charge in [-0.1, -0.05) is 0 Å². The molecule has 4 aliphatic rings. The Hall–Kier alpha value is -1.62. The minimum absolute atomic E-state index is 0.0585. The fourth-order valence-corrected chi connectivity index (χ4v) is 4.13. The molecule has 0 atom stereocenters. The molecule has 10 nitrogen and oxygen atoms in total. The molecule has 0 aromatic carbocycles. The van der Waals surface area contributed by atoms with E-state index in [1.165, 1.54) is 0 Å².